The molecule has 0 aliphatic carbocycles. The molecular formula is C12H19N3Sn+2. The van der Waals surface area contributed by atoms with Crippen LogP contribution in [-0.4, -0.2) is 25.0 Å². The van der Waals surface area contributed by atoms with Gasteiger partial charge in [0, 0.05) is 0 Å². The van der Waals surface area contributed by atoms with Crippen molar-refractivity contribution >= 4 is 30.7 Å². The molecule has 0 amide bonds. The second-order valence-corrected chi connectivity index (χ2v) is 7.55. The number of nitrogens with two attached hydrogens (primary N) is 2. The van der Waals surface area contributed by atoms with Gasteiger partial charge < -0.3 is 0 Å². The molecule has 0 atom stereocenters. The van der Waals surface area contributed by atoms with Gasteiger partial charge in [0.15, 0.2) is 0 Å². The van der Waals surface area contributed by atoms with Crippen LogP contribution in [0, 0.1) is 0 Å². The van der Waals surface area contributed by atoms with Gasteiger partial charge >= 0.3 is 108 Å². The Kier molecular flexibility index (Phi) is 6.48. The molecular weight excluding hydrogens is 305 g/mol. The fraction of sp³-hybridized carbons (Fsp3) is 0.417. The van der Waals surface area contributed by atoms with Crippen molar-refractivity contribution in [2.75, 3.05) is 0 Å². The summed E-state index contributed by atoms with van der Waals surface area (Å²) in [5.41, 5.74) is 13.6. The zero-order chi connectivity index (χ0) is 11.8. The summed E-state index contributed by atoms with van der Waals surface area (Å²) in [6.07, 6.45) is 2.53. The predicted molar refractivity (Wildman–Crippen MR) is 71.1 cm³/mol. The van der Waals surface area contributed by atoms with E-state index in [4.69, 9.17) is 11.5 Å². The molecule has 0 spiro atoms. The maximum absolute atomic E-state index is 5.93. The molecule has 0 fully saturated rings. The normalized spacial score (nSPS) is 11.2. The molecule has 4 N–H and O–H groups in total. The van der Waals surface area contributed by atoms with Crippen molar-refractivity contribution < 1.29 is 0 Å². The summed E-state index contributed by atoms with van der Waals surface area (Å²) in [6.45, 7) is 2.76. The van der Waals surface area contributed by atoms with E-state index in [1.807, 2.05) is 24.3 Å². The molecule has 0 bridgehead atoms. The molecule has 3 nitrogen and oxygen atoms in total. The average Bonchev–Trinajstić information content (AvgIpc) is 2.29. The van der Waals surface area contributed by atoms with Crippen LogP contribution >= 0.6 is 0 Å². The summed E-state index contributed by atoms with van der Waals surface area (Å²) >= 11 is -0.614. The average molecular weight is 324 g/mol. The van der Waals surface area contributed by atoms with Crippen molar-refractivity contribution in [1.82, 2.24) is 0 Å². The molecule has 16 heavy (non-hydrogen) atoms. The molecule has 4 heteroatoms. The molecule has 0 heterocycles. The standard InChI is InChI=1S/C8H10N3.C4H9.Sn/c9-5-7-2-1-3-8(4-7)11-6-10;1-3-4-2;/h1-4H,5,9H2,(H2,10,11);1,3-4H2,2H3;/q;;+2. The molecule has 0 aliphatic rings. The number of amidine groups is 1. The Morgan fingerprint density at radius 1 is 1.44 bits per heavy atom. The Balaban J connectivity index is 2.58. The van der Waals surface area contributed by atoms with Crippen LogP contribution in [0.15, 0.2) is 29.3 Å². The van der Waals surface area contributed by atoms with Gasteiger partial charge in [-0.15, -0.1) is 0 Å². The minimum atomic E-state index is -0.614. The number of nitrogens with zero attached hydrogens (tertiary/aromatic N) is 1. The quantitative estimate of drug-likeness (QED) is 0.364. The van der Waals surface area contributed by atoms with Gasteiger partial charge in [0.05, 0.1) is 0 Å². The first-order chi connectivity index (χ1) is 7.76. The van der Waals surface area contributed by atoms with E-state index in [0.29, 0.717) is 6.54 Å². The summed E-state index contributed by atoms with van der Waals surface area (Å²) in [5.74, 6) is 0. The third-order valence-electron chi connectivity index (χ3n) is 2.23. The van der Waals surface area contributed by atoms with Crippen LogP contribution in [0.25, 0.3) is 0 Å². The van der Waals surface area contributed by atoms with E-state index in [2.05, 4.69) is 11.9 Å². The minimum absolute atomic E-state index is 0.555. The summed E-state index contributed by atoms with van der Waals surface area (Å²) in [6, 6.07) is 7.97. The molecule has 0 saturated heterocycles. The topological polar surface area (TPSA) is 64.4 Å². The molecule has 1 rings (SSSR count). The third-order valence-corrected chi connectivity index (χ3v) is 5.31. The van der Waals surface area contributed by atoms with E-state index in [9.17, 15) is 0 Å². The van der Waals surface area contributed by atoms with Gasteiger partial charge in [0.2, 0.25) is 0 Å². The van der Waals surface area contributed by atoms with Crippen LogP contribution in [0.4, 0.5) is 5.69 Å². The van der Waals surface area contributed by atoms with Crippen molar-refractivity contribution in [3.05, 3.63) is 29.8 Å². The first-order valence-electron chi connectivity index (χ1n) is 5.63. The van der Waals surface area contributed by atoms with Gasteiger partial charge in [-0.05, 0) is 0 Å². The van der Waals surface area contributed by atoms with Crippen molar-refractivity contribution in [1.29, 1.82) is 0 Å². The molecule has 84 valence electrons. The van der Waals surface area contributed by atoms with Crippen LogP contribution in [0.5, 0.6) is 0 Å². The number of hydrogen-bond donors (Lipinski definition) is 2. The van der Waals surface area contributed by atoms with Gasteiger partial charge in [-0.3, -0.25) is 0 Å². The van der Waals surface area contributed by atoms with Gasteiger partial charge in [0.25, 0.3) is 0 Å². The van der Waals surface area contributed by atoms with Gasteiger partial charge in [-0.2, -0.15) is 0 Å². The number of aliphatic imine (C=N–C) groups is 1. The fourth-order valence-electron chi connectivity index (χ4n) is 1.32. The number of unbranched alkanes of at least 4 members (excludes halogenated alkanes) is 1. The van der Waals surface area contributed by atoms with Crippen LogP contribution in [0.3, 0.4) is 0 Å². The number of benzene rings is 1. The zero-order valence-electron chi connectivity index (χ0n) is 9.74. The first kappa shape index (κ1) is 13.5. The van der Waals surface area contributed by atoms with E-state index in [-0.39, 0.29) is 0 Å². The van der Waals surface area contributed by atoms with Crippen LogP contribution < -0.4 is 11.5 Å². The van der Waals surface area contributed by atoms with Crippen molar-refractivity contribution in [2.45, 2.75) is 30.7 Å². The molecule has 1 aromatic rings. The maximum atomic E-state index is 5.93. The molecule has 1 aromatic carbocycles. The van der Waals surface area contributed by atoms with Crippen LogP contribution in [0.2, 0.25) is 4.44 Å². The van der Waals surface area contributed by atoms with Crippen molar-refractivity contribution in [3.63, 3.8) is 0 Å². The first-order valence-corrected chi connectivity index (χ1v) is 9.07. The summed E-state index contributed by atoms with van der Waals surface area (Å²) in [7, 11) is 0. The van der Waals surface area contributed by atoms with E-state index < -0.39 is 21.1 Å². The zero-order valence-corrected chi connectivity index (χ0v) is 12.6. The molecule has 0 unspecified atom stereocenters. The summed E-state index contributed by atoms with van der Waals surface area (Å²) in [5, 5.41) is 0. The molecule has 0 radical (unpaired) electrons. The third kappa shape index (κ3) is 4.98. The Morgan fingerprint density at radius 2 is 2.25 bits per heavy atom. The predicted octanol–water partition coefficient (Wildman–Crippen LogP) is 2.01. The Hall–Kier alpha value is -0.551. The second-order valence-electron chi connectivity index (χ2n) is 3.65. The molecule has 0 aliphatic heterocycles. The number of hydrogen-bond acceptors (Lipinski definition) is 2. The second kappa shape index (κ2) is 7.68. The van der Waals surface area contributed by atoms with Gasteiger partial charge in [0.1, 0.15) is 0 Å². The SMILES string of the molecule is CCC[CH2][Sn+2][C](N)=Nc1cccc(CN)c1. The molecule has 0 aromatic heterocycles. The monoisotopic (exact) mass is 325 g/mol. The van der Waals surface area contributed by atoms with E-state index in [1.165, 1.54) is 17.3 Å². The van der Waals surface area contributed by atoms with Crippen LogP contribution in [-0.2, 0) is 6.54 Å². The molecule has 0 saturated carbocycles. The Morgan fingerprint density at radius 3 is 2.94 bits per heavy atom. The Bertz CT molecular complexity index is 350. The van der Waals surface area contributed by atoms with E-state index in [1.54, 1.807) is 0 Å². The van der Waals surface area contributed by atoms with Crippen molar-refractivity contribution in [3.8, 4) is 0 Å². The van der Waals surface area contributed by atoms with Gasteiger partial charge in [-0.25, -0.2) is 0 Å². The van der Waals surface area contributed by atoms with Gasteiger partial charge in [-0.1, -0.05) is 0 Å². The summed E-state index contributed by atoms with van der Waals surface area (Å²) < 4.78 is 2.16. The van der Waals surface area contributed by atoms with Crippen LogP contribution in [0.1, 0.15) is 25.3 Å². The summed E-state index contributed by atoms with van der Waals surface area (Å²) in [4.78, 5) is 4.45. The van der Waals surface area contributed by atoms with Crippen molar-refractivity contribution in [2.24, 2.45) is 16.5 Å². The van der Waals surface area contributed by atoms with E-state index in [0.717, 1.165) is 15.1 Å². The fourth-order valence-corrected chi connectivity index (χ4v) is 4.16. The van der Waals surface area contributed by atoms with E-state index >= 15 is 0 Å². The number of rotatable bonds is 6. The Labute approximate surface area is 108 Å².